The average Bonchev–Trinajstić information content (AvgIpc) is 2.33. The first-order chi connectivity index (χ1) is 8.49. The van der Waals surface area contributed by atoms with Crippen LogP contribution in [0.1, 0.15) is 18.1 Å². The topological polar surface area (TPSA) is 40.1 Å². The van der Waals surface area contributed by atoms with Crippen LogP contribution in [0.25, 0.3) is 0 Å². The van der Waals surface area contributed by atoms with Crippen molar-refractivity contribution in [1.82, 2.24) is 4.65 Å². The van der Waals surface area contributed by atoms with Crippen molar-refractivity contribution >= 4 is 21.9 Å². The summed E-state index contributed by atoms with van der Waals surface area (Å²) in [5.74, 6) is 0. The van der Waals surface area contributed by atoms with Gasteiger partial charge in [0.25, 0.3) is 0 Å². The second kappa shape index (κ2) is 4.65. The molecule has 1 unspecified atom stereocenters. The van der Waals surface area contributed by atoms with E-state index in [4.69, 9.17) is 0 Å². The zero-order valence-electron chi connectivity index (χ0n) is 10.6. The summed E-state index contributed by atoms with van der Waals surface area (Å²) >= 11 is 0.273. The van der Waals surface area contributed by atoms with Crippen LogP contribution in [0.2, 0.25) is 0 Å². The molecule has 0 fully saturated rings. The summed E-state index contributed by atoms with van der Waals surface area (Å²) in [5.41, 5.74) is 3.48. The van der Waals surface area contributed by atoms with Crippen LogP contribution in [0.15, 0.2) is 42.1 Å². The van der Waals surface area contributed by atoms with E-state index in [0.717, 1.165) is 16.7 Å². The van der Waals surface area contributed by atoms with E-state index in [0.29, 0.717) is 5.69 Å². The minimum absolute atomic E-state index is 0.273. The Kier molecular flexibility index (Phi) is 3.34. The van der Waals surface area contributed by atoms with Gasteiger partial charge in [0.05, 0.1) is 0 Å². The zero-order chi connectivity index (χ0) is 13.3. The molecule has 0 amide bonds. The lowest BCUT2D eigenvalue weighted by molar-refractivity contribution is 0.693. The molecule has 0 spiro atoms. The maximum atomic E-state index is 12.9. The van der Waals surface area contributed by atoms with Gasteiger partial charge in [-0.05, 0) is 44.1 Å². The van der Waals surface area contributed by atoms with Gasteiger partial charge in [-0.15, -0.1) is 0 Å². The molecule has 0 saturated heterocycles. The van der Waals surface area contributed by atoms with Gasteiger partial charge in [-0.1, -0.05) is 6.07 Å². The van der Waals surface area contributed by atoms with E-state index >= 15 is 0 Å². The van der Waals surface area contributed by atoms with Crippen molar-refractivity contribution in [2.45, 2.75) is 20.8 Å². The van der Waals surface area contributed by atoms with Gasteiger partial charge in [-0.2, -0.15) is 0 Å². The Balaban J connectivity index is 2.61. The quantitative estimate of drug-likeness (QED) is 0.443. The number of hydroxylamine groups is 2. The molecule has 1 aromatic carbocycles. The molecule has 0 bridgehead atoms. The molecule has 18 heavy (non-hydrogen) atoms. The van der Waals surface area contributed by atoms with Crippen molar-refractivity contribution in [3.63, 3.8) is 0 Å². The maximum Gasteiger partial charge on any atom is 0.239 e. The largest absolute Gasteiger partial charge is 0.616 e. The highest BCUT2D eigenvalue weighted by Crippen LogP contribution is 2.29. The highest BCUT2D eigenvalue weighted by atomic mass is 32.1. The molecule has 2 rings (SSSR count). The van der Waals surface area contributed by atoms with Crippen LogP contribution in [-0.4, -0.2) is 9.20 Å². The third-order valence-corrected chi connectivity index (χ3v) is 3.99. The number of nitrogens with zero attached hydrogens (tertiary/aromatic N) is 1. The molecule has 0 aromatic heterocycles. The monoisotopic (exact) mass is 261 g/mol. The standard InChI is InChI=1S/C14H15NO2S/c1-10-6-7-13(9-12(10)3)15(16)8-4-5-11(2)14(15)18-17/h4-9H,1-3H3. The van der Waals surface area contributed by atoms with Crippen LogP contribution in [0.4, 0.5) is 5.69 Å². The number of aryl methyl sites for hydroxylation is 2. The predicted octanol–water partition coefficient (Wildman–Crippen LogP) is 2.93. The summed E-state index contributed by atoms with van der Waals surface area (Å²) in [5, 5.41) is 12.9. The van der Waals surface area contributed by atoms with Crippen molar-refractivity contribution in [1.29, 1.82) is 0 Å². The minimum atomic E-state index is -0.794. The second-order valence-corrected chi connectivity index (χ2v) is 5.06. The molecular formula is C14H15NO2S. The van der Waals surface area contributed by atoms with E-state index in [1.165, 1.54) is 6.20 Å². The van der Waals surface area contributed by atoms with Gasteiger partial charge in [0.2, 0.25) is 4.99 Å². The zero-order valence-corrected chi connectivity index (χ0v) is 11.5. The molecule has 0 radical (unpaired) electrons. The van der Waals surface area contributed by atoms with Crippen molar-refractivity contribution in [2.24, 2.45) is 0 Å². The molecule has 1 atom stereocenters. The van der Waals surface area contributed by atoms with E-state index in [9.17, 15) is 9.42 Å². The van der Waals surface area contributed by atoms with Gasteiger partial charge in [0.15, 0.2) is 11.3 Å². The fourth-order valence-corrected chi connectivity index (χ4v) is 2.44. The summed E-state index contributed by atoms with van der Waals surface area (Å²) in [7, 11) is 0. The molecule has 0 N–H and O–H groups in total. The maximum absolute atomic E-state index is 12.9. The molecule has 1 aliphatic heterocycles. The second-order valence-electron chi connectivity index (χ2n) is 4.51. The molecule has 4 heteroatoms. The van der Waals surface area contributed by atoms with Crippen LogP contribution < -0.4 is 4.65 Å². The van der Waals surface area contributed by atoms with Crippen molar-refractivity contribution in [3.8, 4) is 0 Å². The minimum Gasteiger partial charge on any atom is -0.616 e. The third-order valence-electron chi connectivity index (χ3n) is 3.23. The fourth-order valence-electron chi connectivity index (χ4n) is 1.97. The van der Waals surface area contributed by atoms with E-state index in [-0.39, 0.29) is 16.2 Å². The number of rotatable bonds is 1. The van der Waals surface area contributed by atoms with Crippen molar-refractivity contribution in [2.75, 3.05) is 0 Å². The summed E-state index contributed by atoms with van der Waals surface area (Å²) in [4.78, 5) is 0.278. The van der Waals surface area contributed by atoms with Gasteiger partial charge in [0, 0.05) is 17.7 Å². The predicted molar refractivity (Wildman–Crippen MR) is 77.1 cm³/mol. The Hall–Kier alpha value is -1.49. The normalized spacial score (nSPS) is 22.9. The Morgan fingerprint density at radius 2 is 1.89 bits per heavy atom. The number of quaternary nitrogens is 1. The molecule has 0 saturated carbocycles. The smallest absolute Gasteiger partial charge is 0.239 e. The fraction of sp³-hybridized carbons (Fsp3) is 0.214. The first-order valence-electron chi connectivity index (χ1n) is 5.70. The van der Waals surface area contributed by atoms with Gasteiger partial charge in [-0.3, -0.25) is 4.65 Å². The van der Waals surface area contributed by atoms with Gasteiger partial charge in [-0.25, -0.2) is 4.21 Å². The summed E-state index contributed by atoms with van der Waals surface area (Å²) in [6, 6.07) is 5.55. The molecule has 94 valence electrons. The molecular weight excluding hydrogens is 246 g/mol. The van der Waals surface area contributed by atoms with Gasteiger partial charge < -0.3 is 5.21 Å². The Bertz CT molecular complexity index is 612. The van der Waals surface area contributed by atoms with Gasteiger partial charge >= 0.3 is 0 Å². The van der Waals surface area contributed by atoms with Crippen molar-refractivity contribution in [3.05, 3.63) is 58.5 Å². The Labute approximate surface area is 110 Å². The van der Waals surface area contributed by atoms with Gasteiger partial charge in [0.1, 0.15) is 11.9 Å². The van der Waals surface area contributed by atoms with E-state index in [2.05, 4.69) is 0 Å². The van der Waals surface area contributed by atoms with Crippen LogP contribution in [0.3, 0.4) is 0 Å². The molecule has 1 aliphatic rings. The number of allylic oxidation sites excluding steroid dienone is 2. The van der Waals surface area contributed by atoms with Crippen LogP contribution in [0, 0.1) is 19.1 Å². The van der Waals surface area contributed by atoms with Crippen LogP contribution in [0.5, 0.6) is 0 Å². The SMILES string of the molecule is CC1=CC=C[N+]([O-])(c2ccc(C)c(C)c2)C1=S=O. The lowest BCUT2D eigenvalue weighted by atomic mass is 10.1. The van der Waals surface area contributed by atoms with E-state index in [1.54, 1.807) is 25.1 Å². The lowest BCUT2D eigenvalue weighted by Crippen LogP contribution is -2.45. The van der Waals surface area contributed by atoms with E-state index < -0.39 is 4.65 Å². The van der Waals surface area contributed by atoms with Crippen LogP contribution in [-0.2, 0) is 11.3 Å². The first-order valence-corrected chi connectivity index (χ1v) is 6.44. The summed E-state index contributed by atoms with van der Waals surface area (Å²) < 4.78 is 10.4. The van der Waals surface area contributed by atoms with Crippen molar-refractivity contribution < 1.29 is 4.21 Å². The molecule has 3 nitrogen and oxygen atoms in total. The Morgan fingerprint density at radius 1 is 1.17 bits per heavy atom. The molecule has 0 aliphatic carbocycles. The average molecular weight is 261 g/mol. The summed E-state index contributed by atoms with van der Waals surface area (Å²) in [6.07, 6.45) is 4.99. The molecule has 1 heterocycles. The first kappa shape index (κ1) is 13.0. The number of benzene rings is 1. The third kappa shape index (κ3) is 1.99. The molecule has 1 aromatic rings. The van der Waals surface area contributed by atoms with Crippen LogP contribution >= 0.6 is 0 Å². The Morgan fingerprint density at radius 3 is 2.50 bits per heavy atom. The van der Waals surface area contributed by atoms with E-state index in [1.807, 2.05) is 26.0 Å². The highest BCUT2D eigenvalue weighted by Gasteiger charge is 2.29. The summed E-state index contributed by atoms with van der Waals surface area (Å²) in [6.45, 7) is 5.75. The number of hydrogen-bond donors (Lipinski definition) is 0. The number of hydrogen-bond acceptors (Lipinski definition) is 2. The highest BCUT2D eigenvalue weighted by molar-refractivity contribution is 7.67. The lowest BCUT2D eigenvalue weighted by Gasteiger charge is -2.39.